The van der Waals surface area contributed by atoms with E-state index in [0.717, 1.165) is 43.9 Å². The molecule has 8 heteroatoms. The van der Waals surface area contributed by atoms with Crippen LogP contribution in [0.4, 0.5) is 11.4 Å². The predicted molar refractivity (Wildman–Crippen MR) is 74.4 cm³/mol. The normalized spacial score (nSPS) is 25.9. The third-order valence-electron chi connectivity index (χ3n) is 4.54. The third-order valence-corrected chi connectivity index (χ3v) is 4.54. The molecule has 0 radical (unpaired) electrons. The number of ether oxygens (including phenoxy) is 1. The summed E-state index contributed by atoms with van der Waals surface area (Å²) in [4.78, 5) is 32.4. The summed E-state index contributed by atoms with van der Waals surface area (Å²) in [7, 11) is 0. The van der Waals surface area contributed by atoms with Crippen molar-refractivity contribution in [2.24, 2.45) is 11.8 Å². The Labute approximate surface area is 125 Å². The van der Waals surface area contributed by atoms with Crippen molar-refractivity contribution in [2.75, 3.05) is 0 Å². The number of nitro groups is 2. The maximum absolute atomic E-state index is 12.2. The first-order valence-electron chi connectivity index (χ1n) is 7.09. The average Bonchev–Trinajstić information content (AvgIpc) is 3.08. The minimum Gasteiger partial charge on any atom is -0.458 e. The highest BCUT2D eigenvalue weighted by molar-refractivity contribution is 5.94. The van der Waals surface area contributed by atoms with Crippen LogP contribution in [0, 0.1) is 32.1 Å². The Balaban J connectivity index is 1.82. The Bertz CT molecular complexity index is 659. The number of carbonyl (C=O) groups excluding carboxylic acids is 1. The maximum atomic E-state index is 12.2. The number of hydrogen-bond acceptors (Lipinski definition) is 6. The molecule has 3 rings (SSSR count). The summed E-state index contributed by atoms with van der Waals surface area (Å²) < 4.78 is 5.41. The Morgan fingerprint density at radius 3 is 2.45 bits per heavy atom. The van der Waals surface area contributed by atoms with E-state index in [1.54, 1.807) is 0 Å². The van der Waals surface area contributed by atoms with Crippen molar-refractivity contribution in [1.82, 2.24) is 0 Å². The van der Waals surface area contributed by atoms with Crippen LogP contribution in [0.1, 0.15) is 36.0 Å². The molecular weight excluding hydrogens is 292 g/mol. The van der Waals surface area contributed by atoms with E-state index in [2.05, 4.69) is 0 Å². The fraction of sp³-hybridized carbons (Fsp3) is 0.500. The number of carbonyl (C=O) groups is 1. The van der Waals surface area contributed by atoms with Gasteiger partial charge in [0.15, 0.2) is 0 Å². The Hall–Kier alpha value is -2.51. The summed E-state index contributed by atoms with van der Waals surface area (Å²) in [6.45, 7) is 0. The van der Waals surface area contributed by atoms with Crippen molar-refractivity contribution in [2.45, 2.75) is 31.8 Å². The van der Waals surface area contributed by atoms with E-state index in [1.807, 2.05) is 0 Å². The van der Waals surface area contributed by atoms with Crippen LogP contribution in [-0.4, -0.2) is 21.9 Å². The smallest absolute Gasteiger partial charge is 0.345 e. The number of nitro benzene ring substituents is 2. The molecular formula is C14H14N2O6. The molecule has 0 heterocycles. The van der Waals surface area contributed by atoms with Crippen LogP contribution in [0.2, 0.25) is 0 Å². The van der Waals surface area contributed by atoms with Crippen molar-refractivity contribution in [3.8, 4) is 0 Å². The molecule has 2 saturated carbocycles. The van der Waals surface area contributed by atoms with Crippen LogP contribution in [-0.2, 0) is 4.74 Å². The van der Waals surface area contributed by atoms with E-state index in [-0.39, 0.29) is 11.7 Å². The number of non-ortho nitro benzene ring substituents is 1. The van der Waals surface area contributed by atoms with Gasteiger partial charge in [0, 0.05) is 6.07 Å². The zero-order valence-electron chi connectivity index (χ0n) is 11.6. The summed E-state index contributed by atoms with van der Waals surface area (Å²) in [6, 6.07) is 2.95. The second-order valence-corrected chi connectivity index (χ2v) is 5.83. The molecule has 0 saturated heterocycles. The van der Waals surface area contributed by atoms with E-state index in [4.69, 9.17) is 4.74 Å². The number of esters is 1. The lowest BCUT2D eigenvalue weighted by molar-refractivity contribution is -0.394. The number of nitrogens with zero attached hydrogens (tertiary/aromatic N) is 2. The standard InChI is InChI=1S/C14H14N2O6/c17-14(22-13-6-8-1-2-9(13)5-8)11-4-3-10(15(18)19)7-12(11)16(20)21/h3-4,7-9,13H,1-2,5-6H2/t8-,9-,13-/m0/s1. The van der Waals surface area contributed by atoms with Gasteiger partial charge >= 0.3 is 5.97 Å². The molecule has 2 aliphatic carbocycles. The molecule has 2 fully saturated rings. The van der Waals surface area contributed by atoms with Gasteiger partial charge in [-0.3, -0.25) is 20.2 Å². The lowest BCUT2D eigenvalue weighted by Crippen LogP contribution is -2.24. The van der Waals surface area contributed by atoms with Gasteiger partial charge in [0.05, 0.1) is 15.9 Å². The number of hydrogen-bond donors (Lipinski definition) is 0. The van der Waals surface area contributed by atoms with Crippen molar-refractivity contribution in [3.05, 3.63) is 44.0 Å². The second kappa shape index (κ2) is 5.36. The number of fused-ring (bicyclic) bond motifs is 2. The average molecular weight is 306 g/mol. The zero-order valence-corrected chi connectivity index (χ0v) is 11.6. The van der Waals surface area contributed by atoms with Crippen LogP contribution < -0.4 is 0 Å². The molecule has 0 unspecified atom stereocenters. The van der Waals surface area contributed by atoms with Gasteiger partial charge in [0.25, 0.3) is 11.4 Å². The van der Waals surface area contributed by atoms with Gasteiger partial charge in [-0.2, -0.15) is 0 Å². The van der Waals surface area contributed by atoms with Crippen LogP contribution in [0.3, 0.4) is 0 Å². The minimum absolute atomic E-state index is 0.193. The maximum Gasteiger partial charge on any atom is 0.345 e. The Kier molecular flexibility index (Phi) is 3.51. The summed E-state index contributed by atoms with van der Waals surface area (Å²) >= 11 is 0. The van der Waals surface area contributed by atoms with E-state index < -0.39 is 27.2 Å². The van der Waals surface area contributed by atoms with Crippen molar-refractivity contribution >= 4 is 17.3 Å². The van der Waals surface area contributed by atoms with Crippen LogP contribution in [0.15, 0.2) is 18.2 Å². The van der Waals surface area contributed by atoms with E-state index in [1.165, 1.54) is 0 Å². The molecule has 2 bridgehead atoms. The summed E-state index contributed by atoms with van der Waals surface area (Å²) in [5.74, 6) is 0.139. The Morgan fingerprint density at radius 1 is 1.14 bits per heavy atom. The monoisotopic (exact) mass is 306 g/mol. The van der Waals surface area contributed by atoms with E-state index in [9.17, 15) is 25.0 Å². The minimum atomic E-state index is -0.801. The zero-order chi connectivity index (χ0) is 15.9. The summed E-state index contributed by atoms with van der Waals surface area (Å²) in [6.07, 6.45) is 3.82. The third kappa shape index (κ3) is 2.51. The molecule has 22 heavy (non-hydrogen) atoms. The molecule has 0 aliphatic heterocycles. The molecule has 0 aromatic heterocycles. The van der Waals surface area contributed by atoms with Gasteiger partial charge in [0.1, 0.15) is 11.7 Å². The van der Waals surface area contributed by atoms with Gasteiger partial charge in [-0.1, -0.05) is 0 Å². The van der Waals surface area contributed by atoms with Crippen LogP contribution in [0.5, 0.6) is 0 Å². The second-order valence-electron chi connectivity index (χ2n) is 5.83. The summed E-state index contributed by atoms with van der Waals surface area (Å²) in [5, 5.41) is 21.7. The molecule has 0 amide bonds. The predicted octanol–water partition coefficient (Wildman–Crippen LogP) is 2.85. The molecule has 1 aromatic rings. The summed E-state index contributed by atoms with van der Waals surface area (Å²) in [5.41, 5.74) is -1.26. The SMILES string of the molecule is O=C(O[C@H]1C[C@H]2CC[C@H]1C2)c1ccc([N+](=O)[O-])cc1[N+](=O)[O-]. The highest BCUT2D eigenvalue weighted by Gasteiger charge is 2.42. The molecule has 3 atom stereocenters. The fourth-order valence-electron chi connectivity index (χ4n) is 3.49. The highest BCUT2D eigenvalue weighted by atomic mass is 16.6. The first-order valence-corrected chi connectivity index (χ1v) is 7.09. The van der Waals surface area contributed by atoms with Gasteiger partial charge in [-0.05, 0) is 43.6 Å². The largest absolute Gasteiger partial charge is 0.458 e. The van der Waals surface area contributed by atoms with Gasteiger partial charge < -0.3 is 4.74 Å². The first-order chi connectivity index (χ1) is 10.5. The van der Waals surface area contributed by atoms with Crippen molar-refractivity contribution < 1.29 is 19.4 Å². The molecule has 116 valence electrons. The van der Waals surface area contributed by atoms with Crippen LogP contribution in [0.25, 0.3) is 0 Å². The first kappa shape index (κ1) is 14.4. The highest BCUT2D eigenvalue weighted by Crippen LogP contribution is 2.46. The lowest BCUT2D eigenvalue weighted by atomic mass is 9.97. The van der Waals surface area contributed by atoms with Crippen molar-refractivity contribution in [3.63, 3.8) is 0 Å². The molecule has 0 spiro atoms. The van der Waals surface area contributed by atoms with Gasteiger partial charge in [-0.25, -0.2) is 4.79 Å². The van der Waals surface area contributed by atoms with E-state index in [0.29, 0.717) is 11.8 Å². The Morgan fingerprint density at radius 2 is 1.91 bits per heavy atom. The lowest BCUT2D eigenvalue weighted by Gasteiger charge is -2.21. The van der Waals surface area contributed by atoms with E-state index >= 15 is 0 Å². The van der Waals surface area contributed by atoms with Crippen molar-refractivity contribution in [1.29, 1.82) is 0 Å². The molecule has 8 nitrogen and oxygen atoms in total. The number of benzene rings is 1. The quantitative estimate of drug-likeness (QED) is 0.480. The van der Waals surface area contributed by atoms with Gasteiger partial charge in [0.2, 0.25) is 0 Å². The van der Waals surface area contributed by atoms with Crippen LogP contribution >= 0.6 is 0 Å². The fourth-order valence-corrected chi connectivity index (χ4v) is 3.49. The molecule has 2 aliphatic rings. The topological polar surface area (TPSA) is 113 Å². The molecule has 0 N–H and O–H groups in total. The number of rotatable bonds is 4. The van der Waals surface area contributed by atoms with Gasteiger partial charge in [-0.15, -0.1) is 0 Å². The molecule has 1 aromatic carbocycles.